The highest BCUT2D eigenvalue weighted by molar-refractivity contribution is 4.77. The number of aliphatic hydroxyl groups is 2. The molecule has 0 saturated carbocycles. The van der Waals surface area contributed by atoms with Crippen LogP contribution in [0.4, 0.5) is 0 Å². The summed E-state index contributed by atoms with van der Waals surface area (Å²) in [4.78, 5) is 0. The Morgan fingerprint density at radius 2 is 1.64 bits per heavy atom. The number of hydrogen-bond acceptors (Lipinski definition) is 2. The van der Waals surface area contributed by atoms with Gasteiger partial charge >= 0.3 is 0 Å². The lowest BCUT2D eigenvalue weighted by molar-refractivity contribution is -0.163. The minimum atomic E-state index is -1.52. The first-order valence-corrected chi connectivity index (χ1v) is 5.68. The fourth-order valence-electron chi connectivity index (χ4n) is 1.52. The van der Waals surface area contributed by atoms with Crippen molar-refractivity contribution in [3.63, 3.8) is 0 Å². The summed E-state index contributed by atoms with van der Waals surface area (Å²) in [6, 6.07) is 0. The van der Waals surface area contributed by atoms with Crippen molar-refractivity contribution in [1.82, 2.24) is 0 Å². The Hall–Kier alpha value is -0.340. The van der Waals surface area contributed by atoms with E-state index in [1.165, 1.54) is 25.7 Å². The van der Waals surface area contributed by atoms with Crippen LogP contribution in [0.25, 0.3) is 0 Å². The van der Waals surface area contributed by atoms with Crippen LogP contribution in [0.3, 0.4) is 0 Å². The monoisotopic (exact) mass is 200 g/mol. The molecule has 0 atom stereocenters. The molecule has 0 aromatic carbocycles. The Morgan fingerprint density at radius 3 is 2.21 bits per heavy atom. The summed E-state index contributed by atoms with van der Waals surface area (Å²) in [5, 5.41) is 18.8. The topological polar surface area (TPSA) is 40.5 Å². The average molecular weight is 200 g/mol. The predicted octanol–water partition coefficient (Wildman–Crippen LogP) is 2.99. The Bertz CT molecular complexity index is 141. The normalized spacial score (nSPS) is 11.6. The second-order valence-corrected chi connectivity index (χ2v) is 3.99. The van der Waals surface area contributed by atoms with Crippen LogP contribution in [0, 0.1) is 0 Å². The van der Waals surface area contributed by atoms with Gasteiger partial charge < -0.3 is 10.2 Å². The molecule has 0 amide bonds. The van der Waals surface area contributed by atoms with Crippen molar-refractivity contribution in [1.29, 1.82) is 0 Å². The summed E-state index contributed by atoms with van der Waals surface area (Å²) in [6.07, 6.45) is 9.28. The molecule has 0 rings (SSSR count). The van der Waals surface area contributed by atoms with Gasteiger partial charge in [0.15, 0.2) is 5.79 Å². The molecular weight excluding hydrogens is 176 g/mol. The number of rotatable bonds is 9. The molecular formula is C12H24O2. The van der Waals surface area contributed by atoms with E-state index in [-0.39, 0.29) is 6.42 Å². The molecule has 0 spiro atoms. The third-order valence-electron chi connectivity index (χ3n) is 2.40. The maximum absolute atomic E-state index is 9.40. The van der Waals surface area contributed by atoms with Gasteiger partial charge in [-0.3, -0.25) is 0 Å². The third kappa shape index (κ3) is 8.27. The number of hydrogen-bond donors (Lipinski definition) is 2. The van der Waals surface area contributed by atoms with E-state index in [9.17, 15) is 10.2 Å². The fourth-order valence-corrected chi connectivity index (χ4v) is 1.52. The van der Waals surface area contributed by atoms with Crippen molar-refractivity contribution in [2.24, 2.45) is 0 Å². The minimum absolute atomic E-state index is 0.266. The second-order valence-electron chi connectivity index (χ2n) is 3.99. The maximum atomic E-state index is 9.40. The first-order valence-electron chi connectivity index (χ1n) is 5.68. The van der Waals surface area contributed by atoms with Crippen LogP contribution < -0.4 is 0 Å². The highest BCUT2D eigenvalue weighted by atomic mass is 16.5. The van der Waals surface area contributed by atoms with E-state index in [1.54, 1.807) is 6.08 Å². The van der Waals surface area contributed by atoms with Crippen molar-refractivity contribution >= 4 is 0 Å². The van der Waals surface area contributed by atoms with Gasteiger partial charge in [-0.05, 0) is 6.42 Å². The smallest absolute Gasteiger partial charge is 0.165 e. The molecule has 0 aliphatic carbocycles. The van der Waals surface area contributed by atoms with Crippen LogP contribution >= 0.6 is 0 Å². The molecule has 0 aromatic rings. The van der Waals surface area contributed by atoms with Crippen molar-refractivity contribution < 1.29 is 10.2 Å². The van der Waals surface area contributed by atoms with E-state index >= 15 is 0 Å². The molecule has 0 aromatic heterocycles. The summed E-state index contributed by atoms with van der Waals surface area (Å²) >= 11 is 0. The molecule has 0 saturated heterocycles. The lowest BCUT2D eigenvalue weighted by Gasteiger charge is -2.19. The van der Waals surface area contributed by atoms with Crippen LogP contribution in [0.15, 0.2) is 12.7 Å². The van der Waals surface area contributed by atoms with Gasteiger partial charge in [-0.15, -0.1) is 6.58 Å². The van der Waals surface area contributed by atoms with Crippen molar-refractivity contribution in [2.75, 3.05) is 0 Å². The van der Waals surface area contributed by atoms with E-state index in [1.807, 2.05) is 0 Å². The quantitative estimate of drug-likeness (QED) is 0.341. The molecule has 84 valence electrons. The molecule has 0 radical (unpaired) electrons. The second kappa shape index (κ2) is 8.01. The van der Waals surface area contributed by atoms with Crippen LogP contribution in [-0.4, -0.2) is 16.0 Å². The summed E-state index contributed by atoms with van der Waals surface area (Å²) in [7, 11) is 0. The number of unbranched alkanes of at least 4 members (excludes halogenated alkanes) is 5. The van der Waals surface area contributed by atoms with E-state index in [0.717, 1.165) is 12.8 Å². The van der Waals surface area contributed by atoms with Gasteiger partial charge in [-0.25, -0.2) is 0 Å². The van der Waals surface area contributed by atoms with E-state index in [4.69, 9.17) is 0 Å². The maximum Gasteiger partial charge on any atom is 0.165 e. The third-order valence-corrected chi connectivity index (χ3v) is 2.40. The Labute approximate surface area is 87.7 Å². The summed E-state index contributed by atoms with van der Waals surface area (Å²) in [5.41, 5.74) is 0. The molecule has 0 fully saturated rings. The highest BCUT2D eigenvalue weighted by Gasteiger charge is 2.19. The molecule has 2 N–H and O–H groups in total. The zero-order chi connectivity index (χ0) is 10.9. The van der Waals surface area contributed by atoms with Gasteiger partial charge in [-0.1, -0.05) is 45.1 Å². The molecule has 14 heavy (non-hydrogen) atoms. The lowest BCUT2D eigenvalue weighted by Crippen LogP contribution is -2.26. The van der Waals surface area contributed by atoms with Gasteiger partial charge in [0.25, 0.3) is 0 Å². The molecule has 2 heteroatoms. The Kier molecular flexibility index (Phi) is 7.81. The largest absolute Gasteiger partial charge is 0.365 e. The molecule has 0 heterocycles. The summed E-state index contributed by atoms with van der Waals surface area (Å²) < 4.78 is 0. The lowest BCUT2D eigenvalue weighted by atomic mass is 10.0. The van der Waals surface area contributed by atoms with Crippen LogP contribution in [0.2, 0.25) is 0 Å². The van der Waals surface area contributed by atoms with E-state index in [0.29, 0.717) is 6.42 Å². The first-order chi connectivity index (χ1) is 6.62. The Balaban J connectivity index is 3.30. The standard InChI is InChI=1S/C12H24O2/c1-3-5-6-7-8-9-11-12(13,14)10-4-2/h4,13-14H,2-3,5-11H2,1H3. The fraction of sp³-hybridized carbons (Fsp3) is 0.833. The van der Waals surface area contributed by atoms with Crippen LogP contribution in [0.1, 0.15) is 58.3 Å². The first kappa shape index (κ1) is 13.7. The summed E-state index contributed by atoms with van der Waals surface area (Å²) in [6.45, 7) is 5.69. The molecule has 0 aliphatic heterocycles. The molecule has 2 nitrogen and oxygen atoms in total. The molecule has 0 aliphatic rings. The summed E-state index contributed by atoms with van der Waals surface area (Å²) in [5.74, 6) is -1.52. The highest BCUT2D eigenvalue weighted by Crippen LogP contribution is 2.17. The van der Waals surface area contributed by atoms with Gasteiger partial charge in [-0.2, -0.15) is 0 Å². The van der Waals surface area contributed by atoms with Crippen molar-refractivity contribution in [2.45, 2.75) is 64.1 Å². The van der Waals surface area contributed by atoms with Crippen molar-refractivity contribution in [3.8, 4) is 0 Å². The predicted molar refractivity (Wildman–Crippen MR) is 60.0 cm³/mol. The molecule has 0 unspecified atom stereocenters. The van der Waals surface area contributed by atoms with Gasteiger partial charge in [0.2, 0.25) is 0 Å². The van der Waals surface area contributed by atoms with Crippen LogP contribution in [-0.2, 0) is 0 Å². The minimum Gasteiger partial charge on any atom is -0.365 e. The van der Waals surface area contributed by atoms with Gasteiger partial charge in [0, 0.05) is 12.8 Å². The van der Waals surface area contributed by atoms with E-state index < -0.39 is 5.79 Å². The van der Waals surface area contributed by atoms with Crippen molar-refractivity contribution in [3.05, 3.63) is 12.7 Å². The Morgan fingerprint density at radius 1 is 1.07 bits per heavy atom. The van der Waals surface area contributed by atoms with Gasteiger partial charge in [0.05, 0.1) is 0 Å². The SMILES string of the molecule is C=CCC(O)(O)CCCCCCCC. The van der Waals surface area contributed by atoms with Crippen LogP contribution in [0.5, 0.6) is 0 Å². The zero-order valence-corrected chi connectivity index (χ0v) is 9.34. The average Bonchev–Trinajstić information content (AvgIpc) is 2.11. The van der Waals surface area contributed by atoms with E-state index in [2.05, 4.69) is 13.5 Å². The zero-order valence-electron chi connectivity index (χ0n) is 9.34. The molecule has 0 bridgehead atoms. The van der Waals surface area contributed by atoms with Gasteiger partial charge in [0.1, 0.15) is 0 Å².